The number of benzene rings is 1. The van der Waals surface area contributed by atoms with Crippen LogP contribution in [0.4, 0.5) is 10.5 Å². The molecule has 3 N–H and O–H groups in total. The van der Waals surface area contributed by atoms with Gasteiger partial charge in [-0.2, -0.15) is 0 Å². The summed E-state index contributed by atoms with van der Waals surface area (Å²) in [6.45, 7) is 6.49. The molecule has 7 heteroatoms. The fourth-order valence-electron chi connectivity index (χ4n) is 1.45. The van der Waals surface area contributed by atoms with Crippen molar-refractivity contribution in [3.05, 3.63) is 26.8 Å². The van der Waals surface area contributed by atoms with Crippen molar-refractivity contribution in [1.29, 1.82) is 0 Å². The van der Waals surface area contributed by atoms with Crippen LogP contribution in [0.2, 0.25) is 5.02 Å². The van der Waals surface area contributed by atoms with Crippen LogP contribution in [-0.4, -0.2) is 22.6 Å². The Morgan fingerprint density at radius 3 is 2.29 bits per heavy atom. The Morgan fingerprint density at radius 1 is 1.24 bits per heavy atom. The Labute approximate surface area is 142 Å². The second-order valence-electron chi connectivity index (χ2n) is 5.76. The van der Waals surface area contributed by atoms with Gasteiger partial charge in [0, 0.05) is 8.59 Å². The number of nitrogens with one attached hydrogen (secondary N) is 2. The number of rotatable bonds is 4. The first-order chi connectivity index (χ1) is 9.47. The van der Waals surface area contributed by atoms with E-state index >= 15 is 0 Å². The van der Waals surface area contributed by atoms with Gasteiger partial charge >= 0.3 is 12.0 Å². The molecule has 0 aliphatic rings. The molecule has 5 nitrogen and oxygen atoms in total. The largest absolute Gasteiger partial charge is 0.481 e. The van der Waals surface area contributed by atoms with Crippen LogP contribution in [-0.2, 0) is 4.79 Å². The van der Waals surface area contributed by atoms with Gasteiger partial charge in [-0.05, 0) is 68.5 Å². The molecular weight excluding hydrogens is 407 g/mol. The van der Waals surface area contributed by atoms with E-state index < -0.39 is 23.0 Å². The first-order valence-corrected chi connectivity index (χ1v) is 7.70. The summed E-state index contributed by atoms with van der Waals surface area (Å²) in [6.07, 6.45) is 0. The van der Waals surface area contributed by atoms with E-state index in [4.69, 9.17) is 11.6 Å². The highest BCUT2D eigenvalue weighted by Gasteiger charge is 2.44. The lowest BCUT2D eigenvalue weighted by Crippen LogP contribution is -2.57. The molecule has 0 radical (unpaired) electrons. The Bertz CT molecular complexity index is 573. The van der Waals surface area contributed by atoms with E-state index in [1.54, 1.807) is 45.9 Å². The zero-order chi connectivity index (χ0) is 16.4. The number of amides is 2. The van der Waals surface area contributed by atoms with E-state index in [0.29, 0.717) is 10.7 Å². The van der Waals surface area contributed by atoms with Crippen molar-refractivity contribution in [2.75, 3.05) is 5.32 Å². The summed E-state index contributed by atoms with van der Waals surface area (Å²) >= 11 is 7.92. The summed E-state index contributed by atoms with van der Waals surface area (Å²) in [5, 5.41) is 15.2. The molecular formula is C14H18ClIN2O3. The first kappa shape index (κ1) is 18.0. The van der Waals surface area contributed by atoms with Crippen LogP contribution in [0.25, 0.3) is 0 Å². The van der Waals surface area contributed by atoms with E-state index in [0.717, 1.165) is 3.57 Å². The van der Waals surface area contributed by atoms with Gasteiger partial charge in [-0.3, -0.25) is 4.79 Å². The van der Waals surface area contributed by atoms with Crippen LogP contribution in [0, 0.1) is 8.99 Å². The molecule has 0 bridgehead atoms. The number of halogens is 2. The topological polar surface area (TPSA) is 78.4 Å². The molecule has 0 heterocycles. The highest BCUT2D eigenvalue weighted by molar-refractivity contribution is 14.1. The third-order valence-electron chi connectivity index (χ3n) is 3.70. The maximum absolute atomic E-state index is 12.1. The average molecular weight is 425 g/mol. The van der Waals surface area contributed by atoms with Crippen molar-refractivity contribution in [1.82, 2.24) is 5.32 Å². The van der Waals surface area contributed by atoms with E-state index in [1.807, 2.05) is 0 Å². The van der Waals surface area contributed by atoms with Gasteiger partial charge in [0.2, 0.25) is 0 Å². The minimum atomic E-state index is -1.11. The zero-order valence-corrected chi connectivity index (χ0v) is 15.2. The standard InChI is InChI=1S/C14H18ClIN2O3/c1-13(2,11(19)20)14(3,4)18-12(21)17-10-6-5-8(15)7-9(10)16/h5-7H,1-4H3,(H,19,20)(H2,17,18,21). The number of carboxylic acids is 1. The Morgan fingerprint density at radius 2 is 1.81 bits per heavy atom. The highest BCUT2D eigenvalue weighted by atomic mass is 127. The Kier molecular flexibility index (Phi) is 5.49. The van der Waals surface area contributed by atoms with Gasteiger partial charge in [-0.1, -0.05) is 11.6 Å². The first-order valence-electron chi connectivity index (χ1n) is 6.25. The normalized spacial score (nSPS) is 11.9. The number of hydrogen-bond donors (Lipinski definition) is 3. The predicted octanol–water partition coefficient (Wildman–Crippen LogP) is 3.96. The van der Waals surface area contributed by atoms with Crippen molar-refractivity contribution >= 4 is 51.9 Å². The molecule has 0 saturated heterocycles. The summed E-state index contributed by atoms with van der Waals surface area (Å²) in [4.78, 5) is 23.4. The molecule has 116 valence electrons. The van der Waals surface area contributed by atoms with Gasteiger partial charge in [-0.25, -0.2) is 4.79 Å². The number of urea groups is 1. The van der Waals surface area contributed by atoms with Gasteiger partial charge < -0.3 is 15.7 Å². The predicted molar refractivity (Wildman–Crippen MR) is 91.8 cm³/mol. The van der Waals surface area contributed by atoms with Crippen molar-refractivity contribution in [2.45, 2.75) is 33.2 Å². The second-order valence-corrected chi connectivity index (χ2v) is 7.36. The SMILES string of the molecule is CC(C)(NC(=O)Nc1ccc(Cl)cc1I)C(C)(C)C(=O)O. The summed E-state index contributed by atoms with van der Waals surface area (Å²) < 4.78 is 0.797. The number of anilines is 1. The molecule has 0 unspecified atom stereocenters. The lowest BCUT2D eigenvalue weighted by molar-refractivity contribution is -0.150. The minimum absolute atomic E-state index is 0.463. The molecule has 1 aromatic rings. The molecule has 2 amide bonds. The molecule has 1 rings (SSSR count). The van der Waals surface area contributed by atoms with Crippen molar-refractivity contribution in [3.8, 4) is 0 Å². The summed E-state index contributed by atoms with van der Waals surface area (Å²) in [5.41, 5.74) is -1.43. The molecule has 21 heavy (non-hydrogen) atoms. The van der Waals surface area contributed by atoms with Gasteiger partial charge in [-0.15, -0.1) is 0 Å². The van der Waals surface area contributed by atoms with Crippen LogP contribution < -0.4 is 10.6 Å². The maximum atomic E-state index is 12.1. The molecule has 0 spiro atoms. The van der Waals surface area contributed by atoms with Crippen LogP contribution in [0.1, 0.15) is 27.7 Å². The maximum Gasteiger partial charge on any atom is 0.319 e. The highest BCUT2D eigenvalue weighted by Crippen LogP contribution is 2.31. The van der Waals surface area contributed by atoms with Gasteiger partial charge in [0.15, 0.2) is 0 Å². The summed E-state index contributed by atoms with van der Waals surface area (Å²) in [7, 11) is 0. The number of carbonyl (C=O) groups is 2. The van der Waals surface area contributed by atoms with Crippen molar-refractivity contribution in [3.63, 3.8) is 0 Å². The second kappa shape index (κ2) is 6.39. The minimum Gasteiger partial charge on any atom is -0.481 e. The third-order valence-corrected chi connectivity index (χ3v) is 4.83. The van der Waals surface area contributed by atoms with Gasteiger partial charge in [0.1, 0.15) is 0 Å². The number of carboxylic acid groups (broad SMARTS) is 1. The lowest BCUT2D eigenvalue weighted by atomic mass is 9.74. The van der Waals surface area contributed by atoms with Gasteiger partial charge in [0.25, 0.3) is 0 Å². The van der Waals surface area contributed by atoms with Crippen molar-refractivity contribution < 1.29 is 14.7 Å². The lowest BCUT2D eigenvalue weighted by Gasteiger charge is -2.38. The number of hydrogen-bond acceptors (Lipinski definition) is 2. The fourth-order valence-corrected chi connectivity index (χ4v) is 2.46. The van der Waals surface area contributed by atoms with E-state index in [-0.39, 0.29) is 0 Å². The van der Waals surface area contributed by atoms with Crippen LogP contribution >= 0.6 is 34.2 Å². The van der Waals surface area contributed by atoms with Crippen molar-refractivity contribution in [2.24, 2.45) is 5.41 Å². The van der Waals surface area contributed by atoms with Gasteiger partial charge in [0.05, 0.1) is 16.6 Å². The molecule has 0 aliphatic carbocycles. The van der Waals surface area contributed by atoms with E-state index in [2.05, 4.69) is 33.2 Å². The smallest absolute Gasteiger partial charge is 0.319 e. The molecule has 1 aromatic carbocycles. The summed E-state index contributed by atoms with van der Waals surface area (Å²) in [6, 6.07) is 4.63. The Balaban J connectivity index is 2.84. The fraction of sp³-hybridized carbons (Fsp3) is 0.429. The quantitative estimate of drug-likeness (QED) is 0.640. The average Bonchev–Trinajstić information content (AvgIpc) is 2.31. The zero-order valence-electron chi connectivity index (χ0n) is 12.3. The Hall–Kier alpha value is -1.02. The number of aliphatic carboxylic acids is 1. The molecule has 0 fully saturated rings. The number of carbonyl (C=O) groups excluding carboxylic acids is 1. The molecule has 0 aromatic heterocycles. The monoisotopic (exact) mass is 424 g/mol. The van der Waals surface area contributed by atoms with Crippen LogP contribution in [0.3, 0.4) is 0 Å². The molecule has 0 aliphatic heterocycles. The van der Waals surface area contributed by atoms with E-state index in [1.165, 1.54) is 0 Å². The molecule has 0 saturated carbocycles. The van der Waals surface area contributed by atoms with Crippen LogP contribution in [0.15, 0.2) is 18.2 Å². The molecule has 0 atom stereocenters. The van der Waals surface area contributed by atoms with Crippen LogP contribution in [0.5, 0.6) is 0 Å². The van der Waals surface area contributed by atoms with E-state index in [9.17, 15) is 14.7 Å². The summed E-state index contributed by atoms with van der Waals surface area (Å²) in [5.74, 6) is -0.978. The third kappa shape index (κ3) is 4.23.